The van der Waals surface area contributed by atoms with Gasteiger partial charge in [0.1, 0.15) is 18.1 Å². The van der Waals surface area contributed by atoms with Gasteiger partial charge in [0.05, 0.1) is 12.2 Å². The summed E-state index contributed by atoms with van der Waals surface area (Å²) < 4.78 is 20.6. The molecular formula is C20H22O6. The second-order valence-corrected chi connectivity index (χ2v) is 5.64. The van der Waals surface area contributed by atoms with Crippen LogP contribution < -0.4 is 9.47 Å². The molecule has 0 aliphatic heterocycles. The molecule has 0 aromatic heterocycles. The van der Waals surface area contributed by atoms with Crippen molar-refractivity contribution in [2.24, 2.45) is 0 Å². The van der Waals surface area contributed by atoms with E-state index in [1.165, 1.54) is 31.4 Å². The first kappa shape index (κ1) is 19.5. The van der Waals surface area contributed by atoms with Crippen molar-refractivity contribution < 1.29 is 28.5 Å². The van der Waals surface area contributed by atoms with E-state index < -0.39 is 11.9 Å². The number of aryl methyl sites for hydroxylation is 2. The van der Waals surface area contributed by atoms with Crippen LogP contribution in [0.3, 0.4) is 0 Å². The van der Waals surface area contributed by atoms with Crippen LogP contribution in [0, 0.1) is 13.8 Å². The summed E-state index contributed by atoms with van der Waals surface area (Å²) in [7, 11) is 1.53. The summed E-state index contributed by atoms with van der Waals surface area (Å²) in [5, 5.41) is 0. The third-order valence-electron chi connectivity index (χ3n) is 3.59. The first-order valence-corrected chi connectivity index (χ1v) is 8.17. The van der Waals surface area contributed by atoms with E-state index in [1.807, 2.05) is 32.0 Å². The molecule has 0 aliphatic carbocycles. The number of hydrogen-bond acceptors (Lipinski definition) is 6. The first-order chi connectivity index (χ1) is 12.5. The molecule has 2 aromatic carbocycles. The third-order valence-corrected chi connectivity index (χ3v) is 3.59. The molecule has 0 heterocycles. The molecule has 0 saturated carbocycles. The maximum absolute atomic E-state index is 11.9. The molecule has 0 aliphatic rings. The number of hydrogen-bond donors (Lipinski definition) is 0. The van der Waals surface area contributed by atoms with Gasteiger partial charge in [-0.15, -0.1) is 0 Å². The topological polar surface area (TPSA) is 71.1 Å². The van der Waals surface area contributed by atoms with Crippen molar-refractivity contribution in [2.75, 3.05) is 26.9 Å². The van der Waals surface area contributed by atoms with Gasteiger partial charge in [-0.3, -0.25) is 0 Å². The Morgan fingerprint density at radius 1 is 0.923 bits per heavy atom. The zero-order valence-electron chi connectivity index (χ0n) is 15.1. The van der Waals surface area contributed by atoms with Crippen molar-refractivity contribution in [2.45, 2.75) is 13.8 Å². The SMILES string of the molecule is COCCOC(=O)c1ccc(OC(=O)COc2c(C)cccc2C)cc1. The van der Waals surface area contributed by atoms with Crippen molar-refractivity contribution in [1.82, 2.24) is 0 Å². The van der Waals surface area contributed by atoms with Crippen LogP contribution in [0.25, 0.3) is 0 Å². The lowest BCUT2D eigenvalue weighted by Crippen LogP contribution is -2.18. The van der Waals surface area contributed by atoms with Gasteiger partial charge in [-0.25, -0.2) is 9.59 Å². The molecule has 0 radical (unpaired) electrons. The van der Waals surface area contributed by atoms with E-state index in [4.69, 9.17) is 18.9 Å². The normalized spacial score (nSPS) is 10.3. The summed E-state index contributed by atoms with van der Waals surface area (Å²) in [5.41, 5.74) is 2.27. The van der Waals surface area contributed by atoms with Gasteiger partial charge in [0.25, 0.3) is 0 Å². The summed E-state index contributed by atoms with van der Waals surface area (Å²) in [6.07, 6.45) is 0. The molecule has 6 nitrogen and oxygen atoms in total. The summed E-state index contributed by atoms with van der Waals surface area (Å²) in [5.74, 6) is 0.0218. The molecule has 0 spiro atoms. The Hall–Kier alpha value is -2.86. The Balaban J connectivity index is 1.86. The van der Waals surface area contributed by atoms with Crippen molar-refractivity contribution in [1.29, 1.82) is 0 Å². The van der Waals surface area contributed by atoms with Crippen molar-refractivity contribution in [3.8, 4) is 11.5 Å². The molecular weight excluding hydrogens is 336 g/mol. The lowest BCUT2D eigenvalue weighted by molar-refractivity contribution is -0.136. The largest absolute Gasteiger partial charge is 0.481 e. The third kappa shape index (κ3) is 5.60. The van der Waals surface area contributed by atoms with Gasteiger partial charge >= 0.3 is 11.9 Å². The lowest BCUT2D eigenvalue weighted by atomic mass is 10.1. The van der Waals surface area contributed by atoms with Crippen LogP contribution in [0.5, 0.6) is 11.5 Å². The number of benzene rings is 2. The zero-order chi connectivity index (χ0) is 18.9. The molecule has 2 rings (SSSR count). The summed E-state index contributed by atoms with van der Waals surface area (Å²) in [4.78, 5) is 23.7. The van der Waals surface area contributed by atoms with Crippen LogP contribution in [-0.2, 0) is 14.3 Å². The minimum Gasteiger partial charge on any atom is -0.481 e. The van der Waals surface area contributed by atoms with E-state index in [-0.39, 0.29) is 13.2 Å². The summed E-state index contributed by atoms with van der Waals surface area (Å²) in [6, 6.07) is 11.9. The van der Waals surface area contributed by atoms with E-state index in [9.17, 15) is 9.59 Å². The first-order valence-electron chi connectivity index (χ1n) is 8.17. The number of methoxy groups -OCH3 is 1. The number of ether oxygens (including phenoxy) is 4. The average Bonchev–Trinajstić information content (AvgIpc) is 2.62. The molecule has 0 amide bonds. The molecule has 138 valence electrons. The van der Waals surface area contributed by atoms with Gasteiger partial charge in [0.15, 0.2) is 6.61 Å². The van der Waals surface area contributed by atoms with Gasteiger partial charge in [0.2, 0.25) is 0 Å². The highest BCUT2D eigenvalue weighted by Gasteiger charge is 2.11. The van der Waals surface area contributed by atoms with Crippen LogP contribution in [0.15, 0.2) is 42.5 Å². The Bertz CT molecular complexity index is 731. The monoisotopic (exact) mass is 358 g/mol. The summed E-state index contributed by atoms with van der Waals surface area (Å²) in [6.45, 7) is 4.15. The predicted octanol–water partition coefficient (Wildman–Crippen LogP) is 3.09. The highest BCUT2D eigenvalue weighted by atomic mass is 16.6. The Morgan fingerprint density at radius 2 is 1.58 bits per heavy atom. The van der Waals surface area contributed by atoms with Gasteiger partial charge in [-0.05, 0) is 49.2 Å². The molecule has 0 N–H and O–H groups in total. The fourth-order valence-corrected chi connectivity index (χ4v) is 2.28. The predicted molar refractivity (Wildman–Crippen MR) is 95.6 cm³/mol. The van der Waals surface area contributed by atoms with Crippen molar-refractivity contribution in [3.05, 3.63) is 59.2 Å². The van der Waals surface area contributed by atoms with Crippen LogP contribution in [0.4, 0.5) is 0 Å². The van der Waals surface area contributed by atoms with E-state index in [1.54, 1.807) is 0 Å². The number of para-hydroxylation sites is 1. The number of carbonyl (C=O) groups is 2. The van der Waals surface area contributed by atoms with Gasteiger partial charge in [-0.1, -0.05) is 18.2 Å². The number of carbonyl (C=O) groups excluding carboxylic acids is 2. The van der Waals surface area contributed by atoms with Crippen LogP contribution in [-0.4, -0.2) is 38.9 Å². The molecule has 0 atom stereocenters. The van der Waals surface area contributed by atoms with Gasteiger partial charge in [-0.2, -0.15) is 0 Å². The van der Waals surface area contributed by atoms with Crippen molar-refractivity contribution in [3.63, 3.8) is 0 Å². The van der Waals surface area contributed by atoms with E-state index in [0.29, 0.717) is 23.7 Å². The van der Waals surface area contributed by atoms with Gasteiger partial charge in [0, 0.05) is 7.11 Å². The van der Waals surface area contributed by atoms with E-state index in [0.717, 1.165) is 11.1 Å². The van der Waals surface area contributed by atoms with Crippen LogP contribution in [0.1, 0.15) is 21.5 Å². The smallest absolute Gasteiger partial charge is 0.349 e. The highest BCUT2D eigenvalue weighted by molar-refractivity contribution is 5.89. The van der Waals surface area contributed by atoms with E-state index >= 15 is 0 Å². The zero-order valence-corrected chi connectivity index (χ0v) is 15.1. The maximum Gasteiger partial charge on any atom is 0.349 e. The van der Waals surface area contributed by atoms with Crippen molar-refractivity contribution >= 4 is 11.9 Å². The standard InChI is InChI=1S/C20H22O6/c1-14-5-4-6-15(2)19(14)25-13-18(21)26-17-9-7-16(8-10-17)20(22)24-12-11-23-3/h4-10H,11-13H2,1-3H3. The maximum atomic E-state index is 11.9. The molecule has 0 saturated heterocycles. The molecule has 0 bridgehead atoms. The fourth-order valence-electron chi connectivity index (χ4n) is 2.28. The minimum atomic E-state index is -0.525. The molecule has 6 heteroatoms. The second kappa shape index (κ2) is 9.58. The van der Waals surface area contributed by atoms with Crippen LogP contribution >= 0.6 is 0 Å². The number of esters is 2. The molecule has 0 fully saturated rings. The summed E-state index contributed by atoms with van der Waals surface area (Å²) >= 11 is 0. The average molecular weight is 358 g/mol. The lowest BCUT2D eigenvalue weighted by Gasteiger charge is -2.11. The Kier molecular flexibility index (Phi) is 7.17. The Labute approximate surface area is 152 Å². The molecule has 2 aromatic rings. The Morgan fingerprint density at radius 3 is 2.19 bits per heavy atom. The van der Waals surface area contributed by atoms with Gasteiger partial charge < -0.3 is 18.9 Å². The minimum absolute atomic E-state index is 0.182. The van der Waals surface area contributed by atoms with Crippen LogP contribution in [0.2, 0.25) is 0 Å². The number of rotatable bonds is 8. The van der Waals surface area contributed by atoms with E-state index in [2.05, 4.69) is 0 Å². The molecule has 0 unspecified atom stereocenters. The highest BCUT2D eigenvalue weighted by Crippen LogP contribution is 2.22. The quantitative estimate of drug-likeness (QED) is 0.410. The fraction of sp³-hybridized carbons (Fsp3) is 0.300. The second-order valence-electron chi connectivity index (χ2n) is 5.64. The molecule has 26 heavy (non-hydrogen) atoms.